The molecule has 1 aliphatic rings. The average Bonchev–Trinajstić information content (AvgIpc) is 2.91. The van der Waals surface area contributed by atoms with Crippen molar-refractivity contribution < 1.29 is 13.2 Å². The van der Waals surface area contributed by atoms with E-state index in [0.717, 1.165) is 9.69 Å². The zero-order chi connectivity index (χ0) is 15.0. The number of carbonyl (C=O) groups excluding carboxylic acids is 1. The van der Waals surface area contributed by atoms with E-state index in [0.29, 0.717) is 18.4 Å². The van der Waals surface area contributed by atoms with Crippen LogP contribution < -0.4 is 5.32 Å². The summed E-state index contributed by atoms with van der Waals surface area (Å²) in [4.78, 5) is 15.9. The maximum absolute atomic E-state index is 12.8. The van der Waals surface area contributed by atoms with E-state index in [9.17, 15) is 13.2 Å². The smallest absolute Gasteiger partial charge is 0.244 e. The Morgan fingerprint density at radius 3 is 2.86 bits per heavy atom. The van der Waals surface area contributed by atoms with Gasteiger partial charge in [0, 0.05) is 36.8 Å². The number of fused-ring (bicyclic) bond motifs is 1. The third kappa shape index (κ3) is 2.28. The molecule has 1 aliphatic heterocycles. The number of sulfonamides is 1. The first-order chi connectivity index (χ1) is 10.0. The summed E-state index contributed by atoms with van der Waals surface area (Å²) in [6.07, 6.45) is 3.67. The maximum Gasteiger partial charge on any atom is 0.244 e. The van der Waals surface area contributed by atoms with Crippen LogP contribution >= 0.6 is 0 Å². The number of benzene rings is 1. The molecule has 0 spiro atoms. The Hall–Kier alpha value is -1.99. The Morgan fingerprint density at radius 2 is 2.14 bits per heavy atom. The largest absolute Gasteiger partial charge is 0.355 e. The Balaban J connectivity index is 2.10. The lowest BCUT2D eigenvalue weighted by molar-refractivity contribution is -0.122. The second kappa shape index (κ2) is 5.09. The number of amides is 1. The van der Waals surface area contributed by atoms with Gasteiger partial charge in [-0.15, -0.1) is 0 Å². The quantitative estimate of drug-likeness (QED) is 0.907. The molecule has 2 heterocycles. The molecule has 1 aromatic carbocycles. The van der Waals surface area contributed by atoms with Gasteiger partial charge in [-0.25, -0.2) is 8.42 Å². The molecule has 3 rings (SSSR count). The fraction of sp³-hybridized carbons (Fsp3) is 0.286. The fourth-order valence-corrected chi connectivity index (χ4v) is 4.13. The lowest BCUT2D eigenvalue weighted by Crippen LogP contribution is -2.41. The van der Waals surface area contributed by atoms with Crippen molar-refractivity contribution in [3.8, 4) is 0 Å². The molecule has 7 heteroatoms. The lowest BCUT2D eigenvalue weighted by atomic mass is 10.2. The van der Waals surface area contributed by atoms with E-state index >= 15 is 0 Å². The van der Waals surface area contributed by atoms with Crippen molar-refractivity contribution in [1.82, 2.24) is 14.6 Å². The highest BCUT2D eigenvalue weighted by atomic mass is 32.2. The van der Waals surface area contributed by atoms with Crippen LogP contribution in [0.5, 0.6) is 0 Å². The molecule has 0 saturated carbocycles. The van der Waals surface area contributed by atoms with Gasteiger partial charge in [0.05, 0.1) is 4.90 Å². The van der Waals surface area contributed by atoms with E-state index in [4.69, 9.17) is 0 Å². The summed E-state index contributed by atoms with van der Waals surface area (Å²) in [6.45, 7) is 0.503. The van der Waals surface area contributed by atoms with E-state index in [1.807, 2.05) is 6.07 Å². The van der Waals surface area contributed by atoms with Crippen LogP contribution in [0.25, 0.3) is 10.8 Å². The van der Waals surface area contributed by atoms with E-state index in [2.05, 4.69) is 10.3 Å². The second-order valence-electron chi connectivity index (χ2n) is 4.97. The van der Waals surface area contributed by atoms with E-state index in [-0.39, 0.29) is 10.8 Å². The predicted molar refractivity (Wildman–Crippen MR) is 78.1 cm³/mol. The van der Waals surface area contributed by atoms with Crippen LogP contribution in [0.15, 0.2) is 41.6 Å². The molecule has 6 nitrogen and oxygen atoms in total. The van der Waals surface area contributed by atoms with Crippen LogP contribution in [0, 0.1) is 0 Å². The molecule has 1 unspecified atom stereocenters. The highest BCUT2D eigenvalue weighted by molar-refractivity contribution is 7.89. The molecule has 1 saturated heterocycles. The number of pyridine rings is 1. The average molecular weight is 305 g/mol. The van der Waals surface area contributed by atoms with Crippen molar-refractivity contribution >= 4 is 26.7 Å². The summed E-state index contributed by atoms with van der Waals surface area (Å²) in [7, 11) is -2.29. The monoisotopic (exact) mass is 305 g/mol. The lowest BCUT2D eigenvalue weighted by Gasteiger charge is -2.22. The molecule has 0 radical (unpaired) electrons. The number of likely N-dealkylation sites (N-methyl/N-ethyl adjacent to an activating group) is 1. The zero-order valence-corrected chi connectivity index (χ0v) is 12.3. The molecular formula is C14H15N3O3S. The van der Waals surface area contributed by atoms with Gasteiger partial charge in [0.25, 0.3) is 0 Å². The fourth-order valence-electron chi connectivity index (χ4n) is 2.57. The molecule has 21 heavy (non-hydrogen) atoms. The van der Waals surface area contributed by atoms with Gasteiger partial charge in [0.2, 0.25) is 15.9 Å². The highest BCUT2D eigenvalue weighted by Crippen LogP contribution is 2.26. The van der Waals surface area contributed by atoms with Gasteiger partial charge in [-0.1, -0.05) is 12.1 Å². The molecule has 1 atom stereocenters. The van der Waals surface area contributed by atoms with Crippen molar-refractivity contribution in [2.45, 2.75) is 17.4 Å². The Bertz CT molecular complexity index is 799. The van der Waals surface area contributed by atoms with Crippen LogP contribution in [0.1, 0.15) is 6.42 Å². The SMILES string of the molecule is CN(C1CCNC1=O)S(=O)(=O)c1cccc2cnccc12. The minimum absolute atomic E-state index is 0.199. The molecule has 0 bridgehead atoms. The van der Waals surface area contributed by atoms with Gasteiger partial charge >= 0.3 is 0 Å². The molecule has 110 valence electrons. The van der Waals surface area contributed by atoms with E-state index in [1.54, 1.807) is 30.6 Å². The Kier molecular flexibility index (Phi) is 3.38. The van der Waals surface area contributed by atoms with Gasteiger partial charge in [0.1, 0.15) is 6.04 Å². The number of carbonyl (C=O) groups is 1. The van der Waals surface area contributed by atoms with Gasteiger partial charge in [-0.3, -0.25) is 9.78 Å². The summed E-state index contributed by atoms with van der Waals surface area (Å²) >= 11 is 0. The molecule has 1 aromatic heterocycles. The molecule has 2 aromatic rings. The normalized spacial score (nSPS) is 19.1. The number of nitrogens with zero attached hydrogens (tertiary/aromatic N) is 2. The van der Waals surface area contributed by atoms with Gasteiger partial charge in [0.15, 0.2) is 0 Å². The first-order valence-electron chi connectivity index (χ1n) is 6.60. The second-order valence-corrected chi connectivity index (χ2v) is 6.94. The summed E-state index contributed by atoms with van der Waals surface area (Å²) in [6, 6.07) is 6.07. The van der Waals surface area contributed by atoms with Crippen LogP contribution in [0.4, 0.5) is 0 Å². The molecular weight excluding hydrogens is 290 g/mol. The van der Waals surface area contributed by atoms with Crippen molar-refractivity contribution in [1.29, 1.82) is 0 Å². The minimum Gasteiger partial charge on any atom is -0.355 e. The zero-order valence-electron chi connectivity index (χ0n) is 11.5. The van der Waals surface area contributed by atoms with E-state index < -0.39 is 16.1 Å². The molecule has 1 fully saturated rings. The summed E-state index contributed by atoms with van der Waals surface area (Å²) in [5.74, 6) is -0.247. The van der Waals surface area contributed by atoms with E-state index in [1.165, 1.54) is 7.05 Å². The van der Waals surface area contributed by atoms with Gasteiger partial charge in [-0.2, -0.15) is 4.31 Å². The summed E-state index contributed by atoms with van der Waals surface area (Å²) in [5.41, 5.74) is 0. The first-order valence-corrected chi connectivity index (χ1v) is 8.04. The number of aromatic nitrogens is 1. The van der Waals surface area contributed by atoms with Crippen LogP contribution in [0.2, 0.25) is 0 Å². The van der Waals surface area contributed by atoms with Crippen molar-refractivity contribution in [3.63, 3.8) is 0 Å². The predicted octanol–water partition coefficient (Wildman–Crippen LogP) is 0.744. The third-order valence-electron chi connectivity index (χ3n) is 3.76. The van der Waals surface area contributed by atoms with Gasteiger partial charge < -0.3 is 5.32 Å². The minimum atomic E-state index is -3.74. The summed E-state index contributed by atoms with van der Waals surface area (Å²) < 4.78 is 26.8. The Labute approximate surface area is 122 Å². The highest BCUT2D eigenvalue weighted by Gasteiger charge is 2.36. The van der Waals surface area contributed by atoms with Crippen molar-refractivity contribution in [2.75, 3.05) is 13.6 Å². The molecule has 1 N–H and O–H groups in total. The summed E-state index contributed by atoms with van der Waals surface area (Å²) in [5, 5.41) is 4.02. The number of rotatable bonds is 3. The van der Waals surface area contributed by atoms with Gasteiger partial charge in [-0.05, 0) is 18.6 Å². The standard InChI is InChI=1S/C14H15N3O3S/c1-17(12-6-8-16-14(12)18)21(19,20)13-4-2-3-10-9-15-7-5-11(10)13/h2-5,7,9,12H,6,8H2,1H3,(H,16,18). The van der Waals surface area contributed by atoms with Crippen LogP contribution in [-0.2, 0) is 14.8 Å². The third-order valence-corrected chi connectivity index (χ3v) is 5.68. The Morgan fingerprint density at radius 1 is 1.33 bits per heavy atom. The van der Waals surface area contributed by atoms with Crippen LogP contribution in [0.3, 0.4) is 0 Å². The number of hydrogen-bond donors (Lipinski definition) is 1. The number of nitrogens with one attached hydrogen (secondary N) is 1. The molecule has 1 amide bonds. The van der Waals surface area contributed by atoms with Crippen LogP contribution in [-0.4, -0.2) is 43.2 Å². The van der Waals surface area contributed by atoms with Crippen molar-refractivity contribution in [3.05, 3.63) is 36.7 Å². The topological polar surface area (TPSA) is 79.4 Å². The maximum atomic E-state index is 12.8. The van der Waals surface area contributed by atoms with Crippen molar-refractivity contribution in [2.24, 2.45) is 0 Å². The number of hydrogen-bond acceptors (Lipinski definition) is 4. The molecule has 0 aliphatic carbocycles. The first kappa shape index (κ1) is 14.0.